The Hall–Kier alpha value is -2.77. The number of hydrogen-bond donors (Lipinski definition) is 5. The topological polar surface area (TPSA) is 150 Å². The Morgan fingerprint density at radius 3 is 2.37 bits per heavy atom. The van der Waals surface area contributed by atoms with Crippen molar-refractivity contribution >= 4 is 17.8 Å². The number of carboxylic acids is 1. The highest BCUT2D eigenvalue weighted by molar-refractivity contribution is 5.99. The minimum atomic E-state index is -1.49. The van der Waals surface area contributed by atoms with Crippen molar-refractivity contribution in [3.05, 3.63) is 23.8 Å². The average Bonchev–Trinajstić information content (AvgIpc) is 2.26. The number of carboxylic acid groups (broad SMARTS) is 1. The number of hydrogen-bond acceptors (Lipinski definition) is 5. The summed E-state index contributed by atoms with van der Waals surface area (Å²) in [6.45, 7) is 0. The van der Waals surface area contributed by atoms with Crippen molar-refractivity contribution in [2.75, 3.05) is 0 Å². The van der Waals surface area contributed by atoms with Crippen LogP contribution in [0.4, 0.5) is 0 Å². The summed E-state index contributed by atoms with van der Waals surface area (Å²) in [6, 6.07) is 1.71. The van der Waals surface area contributed by atoms with Gasteiger partial charge in [0.05, 0.1) is 12.0 Å². The SMILES string of the molecule is NC(=O)C[C@@H](NC(=O)c1ccc(O)cc1O)C(=O)O. The molecule has 1 aromatic carbocycles. The first-order valence-corrected chi connectivity index (χ1v) is 5.15. The maximum absolute atomic E-state index is 11.7. The third kappa shape index (κ3) is 3.87. The highest BCUT2D eigenvalue weighted by Gasteiger charge is 2.23. The van der Waals surface area contributed by atoms with Gasteiger partial charge in [-0.05, 0) is 12.1 Å². The van der Waals surface area contributed by atoms with Crippen LogP contribution in [0.25, 0.3) is 0 Å². The van der Waals surface area contributed by atoms with E-state index in [9.17, 15) is 19.5 Å². The van der Waals surface area contributed by atoms with E-state index in [4.69, 9.17) is 15.9 Å². The van der Waals surface area contributed by atoms with E-state index in [2.05, 4.69) is 0 Å². The molecular formula is C11H12N2O6. The van der Waals surface area contributed by atoms with Crippen LogP contribution in [-0.4, -0.2) is 39.1 Å². The zero-order valence-electron chi connectivity index (χ0n) is 9.66. The van der Waals surface area contributed by atoms with Crippen molar-refractivity contribution in [3.8, 4) is 11.5 Å². The van der Waals surface area contributed by atoms with Crippen LogP contribution in [0.2, 0.25) is 0 Å². The molecule has 0 saturated carbocycles. The van der Waals surface area contributed by atoms with E-state index in [1.807, 2.05) is 5.32 Å². The molecule has 0 aliphatic rings. The Balaban J connectivity index is 2.87. The number of phenolic OH excluding ortho intramolecular Hbond substituents is 2. The van der Waals surface area contributed by atoms with Crippen LogP contribution in [0, 0.1) is 0 Å². The second-order valence-corrected chi connectivity index (χ2v) is 3.74. The van der Waals surface area contributed by atoms with E-state index in [1.54, 1.807) is 0 Å². The van der Waals surface area contributed by atoms with Crippen molar-refractivity contribution < 1.29 is 29.7 Å². The molecule has 0 spiro atoms. The highest BCUT2D eigenvalue weighted by Crippen LogP contribution is 2.22. The lowest BCUT2D eigenvalue weighted by Crippen LogP contribution is -2.43. The van der Waals surface area contributed by atoms with Crippen LogP contribution >= 0.6 is 0 Å². The van der Waals surface area contributed by atoms with Gasteiger partial charge >= 0.3 is 5.97 Å². The lowest BCUT2D eigenvalue weighted by Gasteiger charge is -2.13. The molecule has 6 N–H and O–H groups in total. The summed E-state index contributed by atoms with van der Waals surface area (Å²) < 4.78 is 0. The van der Waals surface area contributed by atoms with Crippen LogP contribution in [0.1, 0.15) is 16.8 Å². The average molecular weight is 268 g/mol. The first-order valence-electron chi connectivity index (χ1n) is 5.15. The lowest BCUT2D eigenvalue weighted by atomic mass is 10.1. The molecule has 0 saturated heterocycles. The zero-order valence-corrected chi connectivity index (χ0v) is 9.66. The van der Waals surface area contributed by atoms with E-state index in [0.717, 1.165) is 18.2 Å². The molecule has 0 fully saturated rings. The van der Waals surface area contributed by atoms with Gasteiger partial charge in [-0.1, -0.05) is 0 Å². The van der Waals surface area contributed by atoms with Gasteiger partial charge in [0.2, 0.25) is 5.91 Å². The summed E-state index contributed by atoms with van der Waals surface area (Å²) in [6.07, 6.45) is -0.570. The predicted molar refractivity (Wildman–Crippen MR) is 62.5 cm³/mol. The van der Waals surface area contributed by atoms with Crippen LogP contribution in [0.5, 0.6) is 11.5 Å². The van der Waals surface area contributed by atoms with E-state index < -0.39 is 36.0 Å². The van der Waals surface area contributed by atoms with Gasteiger partial charge in [0.1, 0.15) is 17.5 Å². The van der Waals surface area contributed by atoms with Crippen LogP contribution < -0.4 is 11.1 Å². The number of carbonyl (C=O) groups is 3. The largest absolute Gasteiger partial charge is 0.508 e. The lowest BCUT2D eigenvalue weighted by molar-refractivity contribution is -0.140. The maximum Gasteiger partial charge on any atom is 0.326 e. The minimum absolute atomic E-state index is 0.228. The molecule has 8 nitrogen and oxygen atoms in total. The van der Waals surface area contributed by atoms with Crippen LogP contribution in [0.3, 0.4) is 0 Å². The molecule has 1 rings (SSSR count). The van der Waals surface area contributed by atoms with Gasteiger partial charge < -0.3 is 26.4 Å². The van der Waals surface area contributed by atoms with Crippen molar-refractivity contribution in [3.63, 3.8) is 0 Å². The molecule has 1 atom stereocenters. The summed E-state index contributed by atoms with van der Waals surface area (Å²) in [5, 5.41) is 29.3. The van der Waals surface area contributed by atoms with Crippen molar-refractivity contribution in [2.24, 2.45) is 5.73 Å². The maximum atomic E-state index is 11.7. The van der Waals surface area contributed by atoms with Gasteiger partial charge in [0, 0.05) is 6.07 Å². The van der Waals surface area contributed by atoms with Crippen molar-refractivity contribution in [1.29, 1.82) is 0 Å². The number of benzene rings is 1. The molecule has 0 unspecified atom stereocenters. The quantitative estimate of drug-likeness (QED) is 0.469. The summed E-state index contributed by atoms with van der Waals surface area (Å²) in [7, 11) is 0. The van der Waals surface area contributed by atoms with E-state index in [1.165, 1.54) is 0 Å². The van der Waals surface area contributed by atoms with Crippen molar-refractivity contribution in [1.82, 2.24) is 5.32 Å². The first-order chi connectivity index (χ1) is 8.81. The highest BCUT2D eigenvalue weighted by atomic mass is 16.4. The molecule has 19 heavy (non-hydrogen) atoms. The predicted octanol–water partition coefficient (Wildman–Crippen LogP) is -0.844. The number of amides is 2. The Morgan fingerprint density at radius 2 is 1.89 bits per heavy atom. The fraction of sp³-hybridized carbons (Fsp3) is 0.182. The number of carbonyl (C=O) groups excluding carboxylic acids is 2. The Kier molecular flexibility index (Phi) is 4.30. The number of aliphatic carboxylic acids is 1. The molecule has 2 amide bonds. The number of nitrogens with one attached hydrogen (secondary N) is 1. The Bertz CT molecular complexity index is 528. The van der Waals surface area contributed by atoms with Crippen LogP contribution in [-0.2, 0) is 9.59 Å². The Morgan fingerprint density at radius 1 is 1.26 bits per heavy atom. The van der Waals surface area contributed by atoms with Crippen molar-refractivity contribution in [2.45, 2.75) is 12.5 Å². The summed E-state index contributed by atoms with van der Waals surface area (Å²) in [5.41, 5.74) is 4.63. The number of aromatic hydroxyl groups is 2. The van der Waals surface area contributed by atoms with Gasteiger partial charge in [-0.2, -0.15) is 0 Å². The summed E-state index contributed by atoms with van der Waals surface area (Å²) in [5.74, 6) is -3.97. The second-order valence-electron chi connectivity index (χ2n) is 3.74. The van der Waals surface area contributed by atoms with Gasteiger partial charge in [-0.15, -0.1) is 0 Å². The molecular weight excluding hydrogens is 256 g/mol. The third-order valence-corrected chi connectivity index (χ3v) is 2.23. The molecule has 0 bridgehead atoms. The number of rotatable bonds is 5. The fourth-order valence-corrected chi connectivity index (χ4v) is 1.35. The normalized spacial score (nSPS) is 11.6. The number of nitrogens with two attached hydrogens (primary N) is 1. The second kappa shape index (κ2) is 5.71. The molecule has 0 aromatic heterocycles. The monoisotopic (exact) mass is 268 g/mol. The summed E-state index contributed by atoms with van der Waals surface area (Å²) >= 11 is 0. The van der Waals surface area contributed by atoms with E-state index in [0.29, 0.717) is 0 Å². The van der Waals surface area contributed by atoms with Crippen LogP contribution in [0.15, 0.2) is 18.2 Å². The van der Waals surface area contributed by atoms with Gasteiger partial charge in [-0.25, -0.2) is 4.79 Å². The fourth-order valence-electron chi connectivity index (χ4n) is 1.35. The molecule has 0 heterocycles. The molecule has 0 aliphatic heterocycles. The van der Waals surface area contributed by atoms with E-state index >= 15 is 0 Å². The summed E-state index contributed by atoms with van der Waals surface area (Å²) in [4.78, 5) is 33.2. The number of primary amides is 1. The van der Waals surface area contributed by atoms with E-state index in [-0.39, 0.29) is 11.3 Å². The third-order valence-electron chi connectivity index (χ3n) is 2.23. The zero-order chi connectivity index (χ0) is 14.6. The molecule has 102 valence electrons. The molecule has 1 aromatic rings. The van der Waals surface area contributed by atoms with Gasteiger partial charge in [0.25, 0.3) is 5.91 Å². The number of phenols is 2. The molecule has 0 radical (unpaired) electrons. The first kappa shape index (κ1) is 14.3. The standard InChI is InChI=1S/C11H12N2O6/c12-9(16)4-7(11(18)19)13-10(17)6-2-1-5(14)3-8(6)15/h1-3,7,14-15H,4H2,(H2,12,16)(H,13,17)(H,18,19)/t7-/m1/s1. The van der Waals surface area contributed by atoms with Gasteiger partial charge in [0.15, 0.2) is 0 Å². The minimum Gasteiger partial charge on any atom is -0.508 e. The molecule has 8 heteroatoms. The smallest absolute Gasteiger partial charge is 0.326 e. The Labute approximate surface area is 107 Å². The van der Waals surface area contributed by atoms with Gasteiger partial charge in [-0.3, -0.25) is 9.59 Å². The molecule has 0 aliphatic carbocycles.